The van der Waals surface area contributed by atoms with Crippen molar-refractivity contribution in [2.45, 2.75) is 6.92 Å². The highest BCUT2D eigenvalue weighted by atomic mass is 32.1. The minimum atomic E-state index is -0.900. The van der Waals surface area contributed by atoms with Gasteiger partial charge >= 0.3 is 0 Å². The van der Waals surface area contributed by atoms with Gasteiger partial charge in [-0.1, -0.05) is 102 Å². The standard InChI is InChI=1S/C43H28N2S/c1-27-19-21-29(22-20-27)44-36-16-8-5-14-32(36)41-38(44)23-24-39-42(41)33-15-6-9-17-37(33)45(39)30-25-34(28-11-3-2-4-12-28)43-35(26-30)31-13-7-10-18-40(31)46-43/h2-26H,1H3/i2D,3D,4D,5D,6D,7D,8D,9D,10D,11D,12D,13D,14D,15D,16D,17D,18D,19D,20D,21D,22D,23D,24D,25D,26D. The molecule has 3 heterocycles. The van der Waals surface area contributed by atoms with E-state index in [0.717, 1.165) is 9.13 Å². The molecule has 0 spiro atoms. The molecule has 7 aromatic carbocycles. The SMILES string of the molecule is [2H]c1c([2H])c([2H])c(-c2c([2H])c(-n3c4c([2H])c([2H])c([2H])c([2H])c4c4c5c6c([2H])c([2H])c([2H])c([2H])c6n(-c6c([2H])c([2H])c(C)c([2H])c6[2H])c5c([2H])c([2H])c43)c([2H])c3c2sc2c([2H])c([2H])c([2H])c([2H])c23)c([2H])c1[2H]. The Morgan fingerprint density at radius 3 is 1.72 bits per heavy atom. The minimum Gasteiger partial charge on any atom is -0.309 e. The molecule has 0 saturated carbocycles. The highest BCUT2D eigenvalue weighted by molar-refractivity contribution is 7.26. The van der Waals surface area contributed by atoms with Crippen LogP contribution >= 0.6 is 11.3 Å². The molecule has 216 valence electrons. The molecule has 0 fully saturated rings. The van der Waals surface area contributed by atoms with Crippen LogP contribution in [0, 0.1) is 6.92 Å². The van der Waals surface area contributed by atoms with Crippen molar-refractivity contribution in [2.24, 2.45) is 0 Å². The van der Waals surface area contributed by atoms with Crippen LogP contribution < -0.4 is 0 Å². The summed E-state index contributed by atoms with van der Waals surface area (Å²) < 4.78 is 228. The first kappa shape index (κ1) is 11.3. The molecule has 3 heteroatoms. The first-order valence-electron chi connectivity index (χ1n) is 26.2. The Morgan fingerprint density at radius 1 is 0.478 bits per heavy atom. The van der Waals surface area contributed by atoms with Crippen molar-refractivity contribution in [2.75, 3.05) is 0 Å². The maximum atomic E-state index is 10.0. The van der Waals surface area contributed by atoms with E-state index >= 15 is 0 Å². The molecule has 0 aliphatic carbocycles. The molecule has 0 saturated heterocycles. The number of fused-ring (bicyclic) bond motifs is 10. The van der Waals surface area contributed by atoms with Crippen molar-refractivity contribution in [1.29, 1.82) is 0 Å². The molecule has 0 unspecified atom stereocenters. The summed E-state index contributed by atoms with van der Waals surface area (Å²) >= 11 is 0.635. The van der Waals surface area contributed by atoms with Crippen molar-refractivity contribution in [1.82, 2.24) is 9.13 Å². The van der Waals surface area contributed by atoms with Crippen molar-refractivity contribution >= 4 is 75.1 Å². The second kappa shape index (κ2) is 9.68. The number of benzene rings is 7. The molecule has 3 aromatic heterocycles. The van der Waals surface area contributed by atoms with Gasteiger partial charge in [-0.05, 0) is 66.9 Å². The number of hydrogen-bond acceptors (Lipinski definition) is 1. The smallest absolute Gasteiger partial charge is 0.0652 e. The second-order valence-electron chi connectivity index (χ2n) is 10.3. The van der Waals surface area contributed by atoms with Gasteiger partial charge in [0.1, 0.15) is 0 Å². The Bertz CT molecular complexity index is 4180. The highest BCUT2D eigenvalue weighted by Crippen LogP contribution is 2.45. The molecule has 10 aromatic rings. The Hall–Kier alpha value is -5.64. The molecule has 0 N–H and O–H groups in total. The summed E-state index contributed by atoms with van der Waals surface area (Å²) in [5.74, 6) is 0. The van der Waals surface area contributed by atoms with E-state index in [1.165, 1.54) is 6.92 Å². The van der Waals surface area contributed by atoms with E-state index in [9.17, 15) is 11.0 Å². The van der Waals surface area contributed by atoms with Crippen LogP contribution in [0.2, 0.25) is 0 Å². The van der Waals surface area contributed by atoms with E-state index in [1.54, 1.807) is 0 Å². The average molecular weight is 630 g/mol. The van der Waals surface area contributed by atoms with Gasteiger partial charge in [-0.25, -0.2) is 0 Å². The van der Waals surface area contributed by atoms with Crippen molar-refractivity contribution in [3.63, 3.8) is 0 Å². The molecule has 10 rings (SSSR count). The molecule has 0 bridgehead atoms. The number of rotatable bonds is 3. The zero-order chi connectivity index (χ0) is 52.1. The third kappa shape index (κ3) is 3.58. The molecular formula is C43H28N2S. The lowest BCUT2D eigenvalue weighted by Gasteiger charge is -2.13. The van der Waals surface area contributed by atoms with Gasteiger partial charge in [0.2, 0.25) is 0 Å². The van der Waals surface area contributed by atoms with E-state index in [2.05, 4.69) is 0 Å². The fourth-order valence-electron chi connectivity index (χ4n) is 5.87. The largest absolute Gasteiger partial charge is 0.309 e. The van der Waals surface area contributed by atoms with Gasteiger partial charge in [-0.15, -0.1) is 11.3 Å². The fraction of sp³-hybridized carbons (Fsp3) is 0.0233. The molecule has 0 aliphatic rings. The zero-order valence-corrected chi connectivity index (χ0v) is 24.1. The lowest BCUT2D eigenvalue weighted by Crippen LogP contribution is -1.95. The van der Waals surface area contributed by atoms with Crippen LogP contribution in [0.1, 0.15) is 39.8 Å². The number of nitrogens with zero attached hydrogens (tertiary/aromatic N) is 2. The molecule has 2 nitrogen and oxygen atoms in total. The number of aromatic nitrogens is 2. The second-order valence-corrected chi connectivity index (χ2v) is 11.3. The van der Waals surface area contributed by atoms with Crippen molar-refractivity contribution in [3.05, 3.63) is 157 Å². The predicted octanol–water partition coefficient (Wildman–Crippen LogP) is 12.2. The van der Waals surface area contributed by atoms with Gasteiger partial charge in [0.15, 0.2) is 0 Å². The minimum absolute atomic E-state index is 0.0912. The predicted molar refractivity (Wildman–Crippen MR) is 198 cm³/mol. The van der Waals surface area contributed by atoms with E-state index in [-0.39, 0.29) is 25.7 Å². The monoisotopic (exact) mass is 629 g/mol. The summed E-state index contributed by atoms with van der Waals surface area (Å²) in [6, 6.07) is -19.6. The van der Waals surface area contributed by atoms with Gasteiger partial charge < -0.3 is 9.13 Å². The van der Waals surface area contributed by atoms with Crippen LogP contribution in [0.3, 0.4) is 0 Å². The van der Waals surface area contributed by atoms with Gasteiger partial charge in [0, 0.05) is 58.7 Å². The number of thiophene rings is 1. The average Bonchev–Trinajstić information content (AvgIpc) is 4.02. The summed E-state index contributed by atoms with van der Waals surface area (Å²) in [6.45, 7) is 1.32. The normalized spacial score (nSPS) is 19.6. The van der Waals surface area contributed by atoms with E-state index in [1.807, 2.05) is 0 Å². The van der Waals surface area contributed by atoms with Crippen LogP contribution in [0.15, 0.2) is 151 Å². The van der Waals surface area contributed by atoms with E-state index < -0.39 is 217 Å². The topological polar surface area (TPSA) is 9.86 Å². The summed E-state index contributed by atoms with van der Waals surface area (Å²) in [7, 11) is 0. The van der Waals surface area contributed by atoms with Crippen LogP contribution in [0.25, 0.3) is 86.3 Å². The van der Waals surface area contributed by atoms with E-state index in [0.29, 0.717) is 11.3 Å². The maximum absolute atomic E-state index is 10.0. The lowest BCUT2D eigenvalue weighted by molar-refractivity contribution is 1.17. The van der Waals surface area contributed by atoms with Gasteiger partial charge in [0.25, 0.3) is 0 Å². The fourth-order valence-corrected chi connectivity index (χ4v) is 6.94. The van der Waals surface area contributed by atoms with Gasteiger partial charge in [-0.3, -0.25) is 0 Å². The summed E-state index contributed by atoms with van der Waals surface area (Å²) in [5.41, 5.74) is -4.77. The van der Waals surface area contributed by atoms with Gasteiger partial charge in [0.05, 0.1) is 56.3 Å². The Labute approximate surface area is 305 Å². The number of para-hydroxylation sites is 2. The van der Waals surface area contributed by atoms with Crippen LogP contribution in [0.5, 0.6) is 0 Å². The Balaban J connectivity index is 1.59. The molecular weight excluding hydrogens is 577 g/mol. The summed E-state index contributed by atoms with van der Waals surface area (Å²) in [6.07, 6.45) is 0. The van der Waals surface area contributed by atoms with Gasteiger partial charge in [-0.2, -0.15) is 0 Å². The molecule has 0 radical (unpaired) electrons. The molecule has 0 atom stereocenters. The van der Waals surface area contributed by atoms with Crippen molar-refractivity contribution in [3.8, 4) is 22.5 Å². The third-order valence-electron chi connectivity index (χ3n) is 7.73. The maximum Gasteiger partial charge on any atom is 0.0652 e. The zero-order valence-electron chi connectivity index (χ0n) is 48.3. The van der Waals surface area contributed by atoms with Crippen LogP contribution in [-0.2, 0) is 0 Å². The summed E-state index contributed by atoms with van der Waals surface area (Å²) in [4.78, 5) is 0. The molecule has 46 heavy (non-hydrogen) atoms. The highest BCUT2D eigenvalue weighted by Gasteiger charge is 2.21. The lowest BCUT2D eigenvalue weighted by atomic mass is 10.0. The van der Waals surface area contributed by atoms with Crippen molar-refractivity contribution < 1.29 is 34.3 Å². The van der Waals surface area contributed by atoms with Crippen LogP contribution in [0.4, 0.5) is 0 Å². The van der Waals surface area contributed by atoms with E-state index in [4.69, 9.17) is 23.3 Å². The third-order valence-corrected chi connectivity index (χ3v) is 8.86. The Kier molecular flexibility index (Phi) is 2.38. The first-order valence-corrected chi connectivity index (χ1v) is 14.6. The molecule has 0 aliphatic heterocycles. The Morgan fingerprint density at radius 2 is 1.04 bits per heavy atom. The first-order chi connectivity index (χ1) is 33.2. The van der Waals surface area contributed by atoms with Crippen LogP contribution in [-0.4, -0.2) is 9.13 Å². The summed E-state index contributed by atoms with van der Waals surface area (Å²) in [5, 5.41) is -2.45. The quantitative estimate of drug-likeness (QED) is 0.184. The number of hydrogen-bond donors (Lipinski definition) is 0. The molecule has 0 amide bonds.